The molecule has 1 aliphatic rings. The maximum absolute atomic E-state index is 13.3. The van der Waals surface area contributed by atoms with Crippen molar-refractivity contribution in [3.05, 3.63) is 29.8 Å². The third kappa shape index (κ3) is 2.77. The highest BCUT2D eigenvalue weighted by Gasteiger charge is 2.20. The largest absolute Gasteiger partial charge is 0.388 e. The SMILES string of the molecule is OC(CC1CCCCO1)c1ccncc1F. The van der Waals surface area contributed by atoms with Crippen LogP contribution in [0, 0.1) is 5.82 Å². The standard InChI is InChI=1S/C12H16FNO2/c13-11-8-14-5-4-10(11)12(15)7-9-3-1-2-6-16-9/h4-5,8-9,12,15H,1-3,6-7H2. The van der Waals surface area contributed by atoms with Gasteiger partial charge in [0.1, 0.15) is 5.82 Å². The van der Waals surface area contributed by atoms with Crippen molar-refractivity contribution >= 4 is 0 Å². The average Bonchev–Trinajstić information content (AvgIpc) is 2.31. The molecule has 1 aliphatic heterocycles. The normalized spacial score (nSPS) is 23.0. The molecule has 0 radical (unpaired) electrons. The number of aliphatic hydroxyl groups is 1. The van der Waals surface area contributed by atoms with Crippen LogP contribution < -0.4 is 0 Å². The van der Waals surface area contributed by atoms with Gasteiger partial charge in [0.15, 0.2) is 0 Å². The molecule has 16 heavy (non-hydrogen) atoms. The van der Waals surface area contributed by atoms with E-state index in [2.05, 4.69) is 4.98 Å². The van der Waals surface area contributed by atoms with Gasteiger partial charge < -0.3 is 9.84 Å². The molecule has 1 aromatic rings. The molecule has 0 aliphatic carbocycles. The third-order valence-corrected chi connectivity index (χ3v) is 2.92. The van der Waals surface area contributed by atoms with Crippen molar-refractivity contribution in [1.82, 2.24) is 4.98 Å². The molecule has 0 saturated carbocycles. The second kappa shape index (κ2) is 5.37. The van der Waals surface area contributed by atoms with Crippen molar-refractivity contribution in [2.75, 3.05) is 6.61 Å². The van der Waals surface area contributed by atoms with Crippen molar-refractivity contribution in [3.63, 3.8) is 0 Å². The van der Waals surface area contributed by atoms with E-state index in [4.69, 9.17) is 4.74 Å². The lowest BCUT2D eigenvalue weighted by Gasteiger charge is -2.24. The van der Waals surface area contributed by atoms with E-state index in [0.29, 0.717) is 12.0 Å². The van der Waals surface area contributed by atoms with E-state index >= 15 is 0 Å². The number of pyridine rings is 1. The van der Waals surface area contributed by atoms with Gasteiger partial charge in [-0.25, -0.2) is 4.39 Å². The second-order valence-electron chi connectivity index (χ2n) is 4.14. The monoisotopic (exact) mass is 225 g/mol. The molecule has 2 heterocycles. The van der Waals surface area contributed by atoms with Crippen LogP contribution in [0.2, 0.25) is 0 Å². The van der Waals surface area contributed by atoms with Gasteiger partial charge in [0, 0.05) is 24.8 Å². The summed E-state index contributed by atoms with van der Waals surface area (Å²) in [6.07, 6.45) is 5.48. The van der Waals surface area contributed by atoms with E-state index in [1.807, 2.05) is 0 Å². The lowest BCUT2D eigenvalue weighted by molar-refractivity contribution is -0.0161. The Hall–Kier alpha value is -1.00. The van der Waals surface area contributed by atoms with Gasteiger partial charge in [0.25, 0.3) is 0 Å². The zero-order chi connectivity index (χ0) is 11.4. The first-order valence-electron chi connectivity index (χ1n) is 5.66. The van der Waals surface area contributed by atoms with Crippen LogP contribution in [0.3, 0.4) is 0 Å². The molecule has 3 nitrogen and oxygen atoms in total. The summed E-state index contributed by atoms with van der Waals surface area (Å²) >= 11 is 0. The van der Waals surface area contributed by atoms with Crippen molar-refractivity contribution < 1.29 is 14.2 Å². The van der Waals surface area contributed by atoms with Crippen LogP contribution >= 0.6 is 0 Å². The first kappa shape index (κ1) is 11.5. The summed E-state index contributed by atoms with van der Waals surface area (Å²) in [7, 11) is 0. The van der Waals surface area contributed by atoms with E-state index in [1.54, 1.807) is 0 Å². The van der Waals surface area contributed by atoms with E-state index in [1.165, 1.54) is 12.3 Å². The summed E-state index contributed by atoms with van der Waals surface area (Å²) in [6.45, 7) is 0.746. The number of ether oxygens (including phenoxy) is 1. The Labute approximate surface area is 94.3 Å². The van der Waals surface area contributed by atoms with Crippen molar-refractivity contribution in [2.24, 2.45) is 0 Å². The molecule has 1 saturated heterocycles. The molecule has 88 valence electrons. The first-order chi connectivity index (χ1) is 7.77. The molecule has 0 amide bonds. The van der Waals surface area contributed by atoms with Crippen LogP contribution in [0.25, 0.3) is 0 Å². The van der Waals surface area contributed by atoms with Gasteiger partial charge in [-0.3, -0.25) is 4.98 Å². The van der Waals surface area contributed by atoms with Crippen LogP contribution in [-0.2, 0) is 4.74 Å². The Morgan fingerprint density at radius 3 is 3.12 bits per heavy atom. The fraction of sp³-hybridized carbons (Fsp3) is 0.583. The molecule has 2 rings (SSSR count). The van der Waals surface area contributed by atoms with Crippen LogP contribution in [0.15, 0.2) is 18.5 Å². The first-order valence-corrected chi connectivity index (χ1v) is 5.66. The minimum absolute atomic E-state index is 0.0521. The summed E-state index contributed by atoms with van der Waals surface area (Å²) in [4.78, 5) is 3.66. The molecule has 0 aromatic carbocycles. The number of nitrogens with zero attached hydrogens (tertiary/aromatic N) is 1. The maximum atomic E-state index is 13.3. The van der Waals surface area contributed by atoms with Crippen LogP contribution in [0.4, 0.5) is 4.39 Å². The Bertz CT molecular complexity index is 340. The van der Waals surface area contributed by atoms with E-state index in [0.717, 1.165) is 32.1 Å². The van der Waals surface area contributed by atoms with Gasteiger partial charge in [-0.1, -0.05) is 0 Å². The second-order valence-corrected chi connectivity index (χ2v) is 4.14. The Morgan fingerprint density at radius 1 is 1.56 bits per heavy atom. The number of hydrogen-bond acceptors (Lipinski definition) is 3. The van der Waals surface area contributed by atoms with Gasteiger partial charge in [-0.2, -0.15) is 0 Å². The van der Waals surface area contributed by atoms with Gasteiger partial charge >= 0.3 is 0 Å². The van der Waals surface area contributed by atoms with Crippen molar-refractivity contribution in [3.8, 4) is 0 Å². The minimum atomic E-state index is -0.800. The van der Waals surface area contributed by atoms with Crippen LogP contribution in [-0.4, -0.2) is 22.8 Å². The topological polar surface area (TPSA) is 42.4 Å². The Morgan fingerprint density at radius 2 is 2.44 bits per heavy atom. The predicted molar refractivity (Wildman–Crippen MR) is 57.4 cm³/mol. The lowest BCUT2D eigenvalue weighted by atomic mass is 9.99. The van der Waals surface area contributed by atoms with E-state index in [-0.39, 0.29) is 6.10 Å². The molecular weight excluding hydrogens is 209 g/mol. The van der Waals surface area contributed by atoms with Crippen LogP contribution in [0.5, 0.6) is 0 Å². The van der Waals surface area contributed by atoms with Crippen LogP contribution in [0.1, 0.15) is 37.4 Å². The number of hydrogen-bond donors (Lipinski definition) is 1. The minimum Gasteiger partial charge on any atom is -0.388 e. The van der Waals surface area contributed by atoms with Gasteiger partial charge in [0.2, 0.25) is 0 Å². The third-order valence-electron chi connectivity index (χ3n) is 2.92. The molecule has 0 bridgehead atoms. The lowest BCUT2D eigenvalue weighted by Crippen LogP contribution is -2.21. The van der Waals surface area contributed by atoms with E-state index < -0.39 is 11.9 Å². The Balaban J connectivity index is 1.96. The van der Waals surface area contributed by atoms with Gasteiger partial charge in [-0.15, -0.1) is 0 Å². The number of halogens is 1. The van der Waals surface area contributed by atoms with Gasteiger partial charge in [-0.05, 0) is 25.3 Å². The average molecular weight is 225 g/mol. The van der Waals surface area contributed by atoms with Crippen molar-refractivity contribution in [1.29, 1.82) is 0 Å². The number of rotatable bonds is 3. The quantitative estimate of drug-likeness (QED) is 0.857. The molecule has 1 fully saturated rings. The molecule has 2 atom stereocenters. The van der Waals surface area contributed by atoms with E-state index in [9.17, 15) is 9.50 Å². The summed E-state index contributed by atoms with van der Waals surface area (Å²) in [6, 6.07) is 1.52. The van der Waals surface area contributed by atoms with Crippen molar-refractivity contribution in [2.45, 2.75) is 37.9 Å². The fourth-order valence-corrected chi connectivity index (χ4v) is 2.03. The molecule has 1 N–H and O–H groups in total. The van der Waals surface area contributed by atoms with Gasteiger partial charge in [0.05, 0.1) is 18.4 Å². The summed E-state index contributed by atoms with van der Waals surface area (Å²) in [5, 5.41) is 9.91. The highest BCUT2D eigenvalue weighted by atomic mass is 19.1. The number of aliphatic hydroxyl groups excluding tert-OH is 1. The highest BCUT2D eigenvalue weighted by molar-refractivity contribution is 5.15. The maximum Gasteiger partial charge on any atom is 0.147 e. The molecular formula is C12H16FNO2. The Kier molecular flexibility index (Phi) is 3.85. The summed E-state index contributed by atoms with van der Waals surface area (Å²) in [5.74, 6) is -0.453. The molecule has 0 spiro atoms. The zero-order valence-corrected chi connectivity index (χ0v) is 9.10. The number of aromatic nitrogens is 1. The fourth-order valence-electron chi connectivity index (χ4n) is 2.03. The molecule has 1 aromatic heterocycles. The highest BCUT2D eigenvalue weighted by Crippen LogP contribution is 2.25. The predicted octanol–water partition coefficient (Wildman–Crippen LogP) is 2.21. The molecule has 4 heteroatoms. The smallest absolute Gasteiger partial charge is 0.147 e. The molecule has 2 unspecified atom stereocenters. The summed E-state index contributed by atoms with van der Waals surface area (Å²) in [5.41, 5.74) is 0.309. The summed E-state index contributed by atoms with van der Waals surface area (Å²) < 4.78 is 18.8. The zero-order valence-electron chi connectivity index (χ0n) is 9.10.